The van der Waals surface area contributed by atoms with Gasteiger partial charge in [-0.1, -0.05) is 46.6 Å². The average molecular weight is 444 g/mol. The number of benzene rings is 2. The summed E-state index contributed by atoms with van der Waals surface area (Å²) in [5.41, 5.74) is 0.571. The monoisotopic (exact) mass is 442 g/mol. The predicted octanol–water partition coefficient (Wildman–Crippen LogP) is 5.07. The van der Waals surface area contributed by atoms with Crippen molar-refractivity contribution in [1.29, 1.82) is 0 Å². The van der Waals surface area contributed by atoms with Gasteiger partial charge in [0.2, 0.25) is 11.1 Å². The molecule has 0 radical (unpaired) electrons. The maximum absolute atomic E-state index is 12.0. The first-order valence-electron chi connectivity index (χ1n) is 7.67. The molecule has 3 rings (SSSR count). The number of nitrogens with zero attached hydrogens (tertiary/aromatic N) is 2. The molecule has 2 N–H and O–H groups in total. The molecular formula is C17H13Cl3N4O2S. The first-order valence-corrected chi connectivity index (χ1v) is 9.79. The summed E-state index contributed by atoms with van der Waals surface area (Å²) in [5, 5.41) is 11.5. The van der Waals surface area contributed by atoms with Gasteiger partial charge in [0.05, 0.1) is 15.8 Å². The molecule has 0 unspecified atom stereocenters. The number of nitrogens with one attached hydrogen (secondary N) is 2. The third-order valence-corrected chi connectivity index (χ3v) is 5.07. The molecule has 0 saturated heterocycles. The minimum atomic E-state index is -0.206. The number of halogens is 3. The Morgan fingerprint density at radius 1 is 1.11 bits per heavy atom. The van der Waals surface area contributed by atoms with Crippen molar-refractivity contribution in [3.05, 3.63) is 63.4 Å². The van der Waals surface area contributed by atoms with Crippen LogP contribution in [0.25, 0.3) is 0 Å². The van der Waals surface area contributed by atoms with Gasteiger partial charge in [-0.2, -0.15) is 0 Å². The van der Waals surface area contributed by atoms with E-state index in [2.05, 4.69) is 20.5 Å². The number of aromatic nitrogens is 3. The van der Waals surface area contributed by atoms with Gasteiger partial charge in [0.15, 0.2) is 5.82 Å². The Labute approximate surface area is 174 Å². The van der Waals surface area contributed by atoms with Gasteiger partial charge in [0.1, 0.15) is 12.4 Å². The fraction of sp³-hybridized carbons (Fsp3) is 0.118. The second-order valence-electron chi connectivity index (χ2n) is 5.27. The summed E-state index contributed by atoms with van der Waals surface area (Å²) < 4.78 is 5.58. The zero-order valence-corrected chi connectivity index (χ0v) is 16.8. The van der Waals surface area contributed by atoms with Gasteiger partial charge in [-0.05, 0) is 42.5 Å². The number of carbonyl (C=O) groups is 1. The van der Waals surface area contributed by atoms with Crippen LogP contribution in [0.4, 0.5) is 5.69 Å². The first kappa shape index (κ1) is 19.8. The lowest BCUT2D eigenvalue weighted by atomic mass is 10.3. The van der Waals surface area contributed by atoms with Crippen LogP contribution in [0.15, 0.2) is 47.6 Å². The summed E-state index contributed by atoms with van der Waals surface area (Å²) in [7, 11) is 0. The summed E-state index contributed by atoms with van der Waals surface area (Å²) in [5.74, 6) is 1.17. The fourth-order valence-electron chi connectivity index (χ4n) is 1.99. The Hall–Kier alpha value is -1.93. The van der Waals surface area contributed by atoms with E-state index >= 15 is 0 Å². The van der Waals surface area contributed by atoms with Gasteiger partial charge in [0, 0.05) is 10.7 Å². The Morgan fingerprint density at radius 2 is 1.89 bits per heavy atom. The quantitative estimate of drug-likeness (QED) is 0.498. The molecule has 3 aromatic rings. The lowest BCUT2D eigenvalue weighted by molar-refractivity contribution is -0.113. The highest BCUT2D eigenvalue weighted by atomic mass is 35.5. The fourth-order valence-corrected chi connectivity index (χ4v) is 3.03. The normalized spacial score (nSPS) is 10.6. The third kappa shape index (κ3) is 6.04. The number of anilines is 1. The van der Waals surface area contributed by atoms with E-state index in [1.54, 1.807) is 42.5 Å². The molecular weight excluding hydrogens is 431 g/mol. The Morgan fingerprint density at radius 3 is 2.63 bits per heavy atom. The molecule has 0 spiro atoms. The summed E-state index contributed by atoms with van der Waals surface area (Å²) >= 11 is 18.8. The minimum absolute atomic E-state index is 0.148. The maximum atomic E-state index is 12.0. The average Bonchev–Trinajstić information content (AvgIpc) is 3.11. The number of thioether (sulfide) groups is 1. The summed E-state index contributed by atoms with van der Waals surface area (Å²) in [6.07, 6.45) is 0. The number of ether oxygens (including phenoxy) is 1. The minimum Gasteiger partial charge on any atom is -0.486 e. The van der Waals surface area contributed by atoms with Crippen LogP contribution in [0.5, 0.6) is 5.75 Å². The van der Waals surface area contributed by atoms with E-state index in [0.29, 0.717) is 37.5 Å². The van der Waals surface area contributed by atoms with E-state index in [0.717, 1.165) is 0 Å². The lowest BCUT2D eigenvalue weighted by Gasteiger charge is -2.05. The summed E-state index contributed by atoms with van der Waals surface area (Å²) in [6, 6.07) is 11.9. The molecule has 0 aliphatic carbocycles. The molecule has 0 saturated carbocycles. The maximum Gasteiger partial charge on any atom is 0.234 e. The predicted molar refractivity (Wildman–Crippen MR) is 108 cm³/mol. The summed E-state index contributed by atoms with van der Waals surface area (Å²) in [6.45, 7) is 0.227. The summed E-state index contributed by atoms with van der Waals surface area (Å²) in [4.78, 5) is 16.3. The molecule has 1 heterocycles. The van der Waals surface area contributed by atoms with Crippen LogP contribution in [0.1, 0.15) is 5.82 Å². The van der Waals surface area contributed by atoms with E-state index in [4.69, 9.17) is 39.5 Å². The molecule has 0 aliphatic rings. The molecule has 2 aromatic carbocycles. The first-order chi connectivity index (χ1) is 13.0. The van der Waals surface area contributed by atoms with Crippen LogP contribution in [-0.2, 0) is 11.4 Å². The molecule has 10 heteroatoms. The number of hydrogen-bond donors (Lipinski definition) is 2. The van der Waals surface area contributed by atoms with Crippen LogP contribution in [0.3, 0.4) is 0 Å². The van der Waals surface area contributed by atoms with Crippen LogP contribution < -0.4 is 10.1 Å². The Bertz CT molecular complexity index is 934. The lowest BCUT2D eigenvalue weighted by Crippen LogP contribution is -2.14. The van der Waals surface area contributed by atoms with E-state index in [9.17, 15) is 4.79 Å². The number of H-pyrrole nitrogens is 1. The van der Waals surface area contributed by atoms with Gasteiger partial charge < -0.3 is 10.1 Å². The third-order valence-electron chi connectivity index (χ3n) is 3.24. The van der Waals surface area contributed by atoms with E-state index < -0.39 is 0 Å². The molecule has 6 nitrogen and oxygen atoms in total. The van der Waals surface area contributed by atoms with Crippen LogP contribution in [0.2, 0.25) is 15.1 Å². The van der Waals surface area contributed by atoms with Crippen molar-refractivity contribution >= 4 is 58.2 Å². The largest absolute Gasteiger partial charge is 0.486 e. The van der Waals surface area contributed by atoms with Gasteiger partial charge in [-0.3, -0.25) is 9.89 Å². The molecule has 0 aliphatic heterocycles. The van der Waals surface area contributed by atoms with Gasteiger partial charge in [-0.25, -0.2) is 4.98 Å². The van der Waals surface area contributed by atoms with Gasteiger partial charge >= 0.3 is 0 Å². The van der Waals surface area contributed by atoms with Crippen molar-refractivity contribution in [3.63, 3.8) is 0 Å². The smallest absolute Gasteiger partial charge is 0.234 e. The van der Waals surface area contributed by atoms with Crippen molar-refractivity contribution in [2.24, 2.45) is 0 Å². The van der Waals surface area contributed by atoms with Crippen LogP contribution in [-0.4, -0.2) is 26.8 Å². The molecule has 0 fully saturated rings. The van der Waals surface area contributed by atoms with E-state index in [1.165, 1.54) is 11.8 Å². The van der Waals surface area contributed by atoms with E-state index in [1.807, 2.05) is 0 Å². The zero-order chi connectivity index (χ0) is 19.2. The molecule has 0 bridgehead atoms. The standard InChI is InChI=1S/C17H13Cl3N4O2S/c18-10-1-4-12(5-2-10)26-8-15-22-17(24-23-15)27-9-16(25)21-11-3-6-13(19)14(20)7-11/h1-7H,8-9H2,(H,21,25)(H,22,23,24). The second kappa shape index (κ2) is 9.32. The SMILES string of the molecule is O=C(CSc1n[nH]c(COc2ccc(Cl)cc2)n1)Nc1ccc(Cl)c(Cl)c1. The highest BCUT2D eigenvalue weighted by Gasteiger charge is 2.09. The van der Waals surface area contributed by atoms with Crippen molar-refractivity contribution in [1.82, 2.24) is 15.2 Å². The molecule has 27 heavy (non-hydrogen) atoms. The second-order valence-corrected chi connectivity index (χ2v) is 7.47. The molecule has 140 valence electrons. The highest BCUT2D eigenvalue weighted by molar-refractivity contribution is 7.99. The Balaban J connectivity index is 1.46. The molecule has 1 aromatic heterocycles. The van der Waals surface area contributed by atoms with Crippen molar-refractivity contribution < 1.29 is 9.53 Å². The highest BCUT2D eigenvalue weighted by Crippen LogP contribution is 2.25. The number of carbonyl (C=O) groups excluding carboxylic acids is 1. The number of aromatic amines is 1. The van der Waals surface area contributed by atoms with Crippen molar-refractivity contribution in [2.45, 2.75) is 11.8 Å². The zero-order valence-electron chi connectivity index (χ0n) is 13.7. The van der Waals surface area contributed by atoms with Crippen LogP contribution >= 0.6 is 46.6 Å². The number of hydrogen-bond acceptors (Lipinski definition) is 5. The Kier molecular flexibility index (Phi) is 6.84. The number of amides is 1. The molecule has 0 atom stereocenters. The number of rotatable bonds is 7. The van der Waals surface area contributed by atoms with E-state index in [-0.39, 0.29) is 18.3 Å². The molecule has 1 amide bonds. The van der Waals surface area contributed by atoms with Crippen molar-refractivity contribution in [3.8, 4) is 5.75 Å². The van der Waals surface area contributed by atoms with Crippen molar-refractivity contribution in [2.75, 3.05) is 11.1 Å². The van der Waals surface area contributed by atoms with Gasteiger partial charge in [0.25, 0.3) is 0 Å². The topological polar surface area (TPSA) is 79.9 Å². The van der Waals surface area contributed by atoms with Crippen LogP contribution in [0, 0.1) is 0 Å². The van der Waals surface area contributed by atoms with Gasteiger partial charge in [-0.15, -0.1) is 5.10 Å².